The van der Waals surface area contributed by atoms with Crippen molar-refractivity contribution in [2.24, 2.45) is 0 Å². The number of hydrogen-bond donors (Lipinski definition) is 3. The van der Waals surface area contributed by atoms with Gasteiger partial charge in [-0.15, -0.1) is 0 Å². The molecule has 1 aromatic carbocycles. The van der Waals surface area contributed by atoms with Gasteiger partial charge in [0.25, 0.3) is 5.91 Å². The number of nitrogens with one attached hydrogen (secondary N) is 3. The molecule has 134 valence electrons. The lowest BCUT2D eigenvalue weighted by molar-refractivity contribution is 0.0599. The number of H-pyrrole nitrogens is 2. The van der Waals surface area contributed by atoms with Crippen LogP contribution in [-0.2, 0) is 11.2 Å². The maximum Gasteiger partial charge on any atom is 0.339 e. The highest BCUT2D eigenvalue weighted by Gasteiger charge is 2.23. The van der Waals surface area contributed by atoms with Crippen molar-refractivity contribution in [1.29, 1.82) is 0 Å². The Bertz CT molecular complexity index is 925. The standard InChI is InChI=1S/C19H20N4O3/c1-4-14-15(19(25)26-3)11(2)16(23-14)18(24)22-13-7-5-12(6-8-13)17-20-9-10-21-17/h5-10,23H,4H2,1-3H3,(H,20,21)(H,22,24). The highest BCUT2D eigenvalue weighted by atomic mass is 16.5. The van der Waals surface area contributed by atoms with Crippen LogP contribution in [0.5, 0.6) is 0 Å². The van der Waals surface area contributed by atoms with E-state index < -0.39 is 5.97 Å². The zero-order valence-corrected chi connectivity index (χ0v) is 14.8. The number of benzene rings is 1. The number of imidazole rings is 1. The average Bonchev–Trinajstić information content (AvgIpc) is 3.29. The molecule has 0 fully saturated rings. The second-order valence-electron chi connectivity index (χ2n) is 5.79. The van der Waals surface area contributed by atoms with Crippen molar-refractivity contribution in [3.63, 3.8) is 0 Å². The summed E-state index contributed by atoms with van der Waals surface area (Å²) in [6.07, 6.45) is 4.03. The van der Waals surface area contributed by atoms with E-state index in [0.717, 1.165) is 11.4 Å². The number of amides is 1. The van der Waals surface area contributed by atoms with Gasteiger partial charge in [-0.05, 0) is 43.2 Å². The van der Waals surface area contributed by atoms with Crippen molar-refractivity contribution in [2.75, 3.05) is 12.4 Å². The van der Waals surface area contributed by atoms with Crippen molar-refractivity contribution in [3.05, 3.63) is 59.2 Å². The van der Waals surface area contributed by atoms with Crippen molar-refractivity contribution in [1.82, 2.24) is 15.0 Å². The minimum absolute atomic E-state index is 0.307. The number of ether oxygens (including phenoxy) is 1. The van der Waals surface area contributed by atoms with Crippen LogP contribution in [0.4, 0.5) is 5.69 Å². The Labute approximate surface area is 150 Å². The second-order valence-corrected chi connectivity index (χ2v) is 5.79. The molecule has 0 aliphatic heterocycles. The molecule has 3 aromatic rings. The molecule has 2 aromatic heterocycles. The molecule has 0 spiro atoms. The molecule has 3 N–H and O–H groups in total. The van der Waals surface area contributed by atoms with Crippen LogP contribution in [0.15, 0.2) is 36.7 Å². The molecule has 0 radical (unpaired) electrons. The van der Waals surface area contributed by atoms with Crippen molar-refractivity contribution < 1.29 is 14.3 Å². The number of carbonyl (C=O) groups is 2. The number of carbonyl (C=O) groups excluding carboxylic acids is 2. The number of hydrogen-bond acceptors (Lipinski definition) is 4. The van der Waals surface area contributed by atoms with Gasteiger partial charge in [-0.25, -0.2) is 9.78 Å². The number of anilines is 1. The minimum atomic E-state index is -0.447. The Balaban J connectivity index is 1.82. The van der Waals surface area contributed by atoms with Crippen LogP contribution < -0.4 is 5.32 Å². The molecule has 0 saturated heterocycles. The normalized spacial score (nSPS) is 10.6. The van der Waals surface area contributed by atoms with Gasteiger partial charge in [0.05, 0.1) is 12.7 Å². The smallest absolute Gasteiger partial charge is 0.339 e. The lowest BCUT2D eigenvalue weighted by atomic mass is 10.1. The Morgan fingerprint density at radius 3 is 2.54 bits per heavy atom. The van der Waals surface area contributed by atoms with E-state index in [0.29, 0.717) is 34.6 Å². The van der Waals surface area contributed by atoms with Gasteiger partial charge in [-0.2, -0.15) is 0 Å². The molecular formula is C19H20N4O3. The van der Waals surface area contributed by atoms with Gasteiger partial charge in [-0.1, -0.05) is 6.92 Å². The van der Waals surface area contributed by atoms with E-state index in [2.05, 4.69) is 20.3 Å². The minimum Gasteiger partial charge on any atom is -0.465 e. The van der Waals surface area contributed by atoms with Crippen LogP contribution >= 0.6 is 0 Å². The van der Waals surface area contributed by atoms with E-state index in [1.165, 1.54) is 7.11 Å². The summed E-state index contributed by atoms with van der Waals surface area (Å²) in [6, 6.07) is 7.34. The van der Waals surface area contributed by atoms with E-state index in [-0.39, 0.29) is 5.91 Å². The van der Waals surface area contributed by atoms with Gasteiger partial charge in [0.15, 0.2) is 0 Å². The number of esters is 1. The Hall–Kier alpha value is -3.35. The predicted molar refractivity (Wildman–Crippen MR) is 98.2 cm³/mol. The zero-order valence-electron chi connectivity index (χ0n) is 14.8. The fourth-order valence-corrected chi connectivity index (χ4v) is 2.86. The van der Waals surface area contributed by atoms with Crippen LogP contribution in [0, 0.1) is 6.92 Å². The molecule has 0 saturated carbocycles. The summed E-state index contributed by atoms with van der Waals surface area (Å²) in [5.74, 6) is 0.00829. The van der Waals surface area contributed by atoms with Crippen LogP contribution in [0.2, 0.25) is 0 Å². The van der Waals surface area contributed by atoms with Crippen molar-refractivity contribution in [2.45, 2.75) is 20.3 Å². The van der Waals surface area contributed by atoms with Crippen LogP contribution in [0.3, 0.4) is 0 Å². The summed E-state index contributed by atoms with van der Waals surface area (Å²) in [5.41, 5.74) is 3.62. The van der Waals surface area contributed by atoms with Crippen molar-refractivity contribution in [3.8, 4) is 11.4 Å². The number of aryl methyl sites for hydroxylation is 1. The quantitative estimate of drug-likeness (QED) is 0.613. The monoisotopic (exact) mass is 352 g/mol. The highest BCUT2D eigenvalue weighted by Crippen LogP contribution is 2.22. The summed E-state index contributed by atoms with van der Waals surface area (Å²) in [7, 11) is 1.33. The molecule has 26 heavy (non-hydrogen) atoms. The van der Waals surface area contributed by atoms with Gasteiger partial charge in [0.2, 0.25) is 0 Å². The molecule has 1 amide bonds. The largest absolute Gasteiger partial charge is 0.465 e. The first-order chi connectivity index (χ1) is 12.5. The van der Waals surface area contributed by atoms with Crippen LogP contribution in [0.25, 0.3) is 11.4 Å². The Kier molecular flexibility index (Phi) is 4.88. The van der Waals surface area contributed by atoms with Crippen LogP contribution in [-0.4, -0.2) is 33.9 Å². The maximum absolute atomic E-state index is 12.6. The SMILES string of the molecule is CCc1[nH]c(C(=O)Nc2ccc(-c3ncc[nH]3)cc2)c(C)c1C(=O)OC. The topological polar surface area (TPSA) is 99.9 Å². The van der Waals surface area contributed by atoms with E-state index in [4.69, 9.17) is 4.74 Å². The first kappa shape index (κ1) is 17.5. The lowest BCUT2D eigenvalue weighted by Crippen LogP contribution is -2.14. The summed E-state index contributed by atoms with van der Waals surface area (Å²) in [5, 5.41) is 2.84. The first-order valence-corrected chi connectivity index (χ1v) is 8.26. The second kappa shape index (κ2) is 7.26. The third-order valence-corrected chi connectivity index (χ3v) is 4.21. The van der Waals surface area contributed by atoms with E-state index in [1.807, 2.05) is 19.1 Å². The van der Waals surface area contributed by atoms with Gasteiger partial charge in [0, 0.05) is 29.3 Å². The fraction of sp³-hybridized carbons (Fsp3) is 0.211. The third kappa shape index (κ3) is 3.23. The predicted octanol–water partition coefficient (Wildman–Crippen LogP) is 3.31. The van der Waals surface area contributed by atoms with Crippen LogP contribution in [0.1, 0.15) is 39.0 Å². The lowest BCUT2D eigenvalue weighted by Gasteiger charge is -2.06. The number of methoxy groups -OCH3 is 1. The summed E-state index contributed by atoms with van der Waals surface area (Å²) in [6.45, 7) is 3.64. The van der Waals surface area contributed by atoms with Gasteiger partial charge < -0.3 is 20.0 Å². The number of aromatic nitrogens is 3. The number of aromatic amines is 2. The van der Waals surface area contributed by atoms with E-state index in [9.17, 15) is 9.59 Å². The summed E-state index contributed by atoms with van der Waals surface area (Å²) in [4.78, 5) is 34.9. The molecule has 7 nitrogen and oxygen atoms in total. The molecule has 0 unspecified atom stereocenters. The molecule has 7 heteroatoms. The van der Waals surface area contributed by atoms with Gasteiger partial charge >= 0.3 is 5.97 Å². The summed E-state index contributed by atoms with van der Waals surface area (Å²) >= 11 is 0. The molecule has 3 rings (SSSR count). The Morgan fingerprint density at radius 1 is 1.23 bits per heavy atom. The first-order valence-electron chi connectivity index (χ1n) is 8.26. The van der Waals surface area contributed by atoms with Gasteiger partial charge in [-0.3, -0.25) is 4.79 Å². The van der Waals surface area contributed by atoms with E-state index >= 15 is 0 Å². The molecular weight excluding hydrogens is 332 g/mol. The summed E-state index contributed by atoms with van der Waals surface area (Å²) < 4.78 is 4.82. The average molecular weight is 352 g/mol. The Morgan fingerprint density at radius 2 is 1.96 bits per heavy atom. The third-order valence-electron chi connectivity index (χ3n) is 4.21. The maximum atomic E-state index is 12.6. The number of rotatable bonds is 5. The molecule has 0 atom stereocenters. The van der Waals surface area contributed by atoms with E-state index in [1.54, 1.807) is 31.5 Å². The number of nitrogens with zero attached hydrogens (tertiary/aromatic N) is 1. The molecule has 0 bridgehead atoms. The van der Waals surface area contributed by atoms with Gasteiger partial charge in [0.1, 0.15) is 11.5 Å². The molecule has 0 aliphatic carbocycles. The highest BCUT2D eigenvalue weighted by molar-refractivity contribution is 6.06. The molecule has 2 heterocycles. The van der Waals surface area contributed by atoms with Crippen molar-refractivity contribution >= 4 is 17.6 Å². The zero-order chi connectivity index (χ0) is 18.7. The molecule has 0 aliphatic rings. The fourth-order valence-electron chi connectivity index (χ4n) is 2.86.